The zero-order valence-corrected chi connectivity index (χ0v) is 11.1. The topological polar surface area (TPSA) is 52.9 Å². The van der Waals surface area contributed by atoms with Gasteiger partial charge in [0, 0.05) is 13.0 Å². The molecule has 0 aliphatic carbocycles. The second-order valence-electron chi connectivity index (χ2n) is 5.91. The van der Waals surface area contributed by atoms with E-state index >= 15 is 0 Å². The van der Waals surface area contributed by atoms with Gasteiger partial charge in [-0.25, -0.2) is 0 Å². The lowest BCUT2D eigenvalue weighted by molar-refractivity contribution is -0.122. The first-order chi connectivity index (χ1) is 7.24. The van der Waals surface area contributed by atoms with Crippen molar-refractivity contribution in [2.24, 2.45) is 17.3 Å². The van der Waals surface area contributed by atoms with Crippen LogP contribution < -0.4 is 5.32 Å². The van der Waals surface area contributed by atoms with Crippen LogP contribution in [0.4, 0.5) is 0 Å². The maximum Gasteiger partial charge on any atom is 0.220 e. The molecule has 2 unspecified atom stereocenters. The van der Waals surface area contributed by atoms with E-state index in [0.29, 0.717) is 18.9 Å². The number of nitrogens with one attached hydrogen (secondary N) is 1. The molecule has 0 saturated carbocycles. The Labute approximate surface area is 99.2 Å². The van der Waals surface area contributed by atoms with Crippen LogP contribution in [-0.4, -0.2) is 12.5 Å². The molecule has 0 heterocycles. The summed E-state index contributed by atoms with van der Waals surface area (Å²) in [6.45, 7) is 10.9. The Balaban J connectivity index is 3.84. The number of nitrogens with zero attached hydrogens (tertiary/aromatic N) is 1. The van der Waals surface area contributed by atoms with Crippen molar-refractivity contribution in [3.63, 3.8) is 0 Å². The van der Waals surface area contributed by atoms with Crippen LogP contribution >= 0.6 is 0 Å². The van der Waals surface area contributed by atoms with E-state index in [1.54, 1.807) is 6.92 Å². The molecule has 0 rings (SSSR count). The second-order valence-corrected chi connectivity index (χ2v) is 5.91. The molecule has 0 saturated heterocycles. The Hall–Kier alpha value is -1.04. The average Bonchev–Trinajstić information content (AvgIpc) is 2.10. The summed E-state index contributed by atoms with van der Waals surface area (Å²) < 4.78 is 0. The highest BCUT2D eigenvalue weighted by Crippen LogP contribution is 2.25. The van der Waals surface area contributed by atoms with E-state index in [-0.39, 0.29) is 17.2 Å². The van der Waals surface area contributed by atoms with E-state index in [1.807, 2.05) is 0 Å². The zero-order valence-electron chi connectivity index (χ0n) is 11.1. The molecular formula is C13H24N2O. The third-order valence-corrected chi connectivity index (χ3v) is 2.32. The molecule has 0 spiro atoms. The first kappa shape index (κ1) is 15.0. The van der Waals surface area contributed by atoms with Crippen molar-refractivity contribution in [1.29, 1.82) is 5.26 Å². The van der Waals surface area contributed by atoms with Gasteiger partial charge in [-0.1, -0.05) is 27.7 Å². The van der Waals surface area contributed by atoms with E-state index in [1.165, 1.54) is 0 Å². The molecule has 0 fully saturated rings. The maximum absolute atomic E-state index is 11.5. The fourth-order valence-corrected chi connectivity index (χ4v) is 1.82. The molecule has 0 radical (unpaired) electrons. The summed E-state index contributed by atoms with van der Waals surface area (Å²) in [7, 11) is 0. The summed E-state index contributed by atoms with van der Waals surface area (Å²) in [4.78, 5) is 11.5. The van der Waals surface area contributed by atoms with Crippen molar-refractivity contribution in [3.8, 4) is 6.07 Å². The summed E-state index contributed by atoms with van der Waals surface area (Å²) in [5.41, 5.74) is 0.264. The van der Waals surface area contributed by atoms with Gasteiger partial charge in [-0.2, -0.15) is 5.26 Å². The van der Waals surface area contributed by atoms with Gasteiger partial charge >= 0.3 is 0 Å². The smallest absolute Gasteiger partial charge is 0.220 e. The van der Waals surface area contributed by atoms with Gasteiger partial charge in [0.25, 0.3) is 0 Å². The van der Waals surface area contributed by atoms with Gasteiger partial charge in [-0.3, -0.25) is 4.79 Å². The van der Waals surface area contributed by atoms with Crippen molar-refractivity contribution >= 4 is 5.91 Å². The summed E-state index contributed by atoms with van der Waals surface area (Å²) in [6, 6.07) is 2.10. The van der Waals surface area contributed by atoms with Crippen LogP contribution in [0.1, 0.15) is 47.5 Å². The molecule has 0 aromatic heterocycles. The summed E-state index contributed by atoms with van der Waals surface area (Å²) >= 11 is 0. The molecule has 0 aliphatic heterocycles. The van der Waals surface area contributed by atoms with Crippen LogP contribution in [0.3, 0.4) is 0 Å². The molecule has 0 aromatic carbocycles. The molecule has 3 heteroatoms. The van der Waals surface area contributed by atoms with E-state index in [0.717, 1.165) is 6.42 Å². The monoisotopic (exact) mass is 224 g/mol. The number of hydrogen-bond donors (Lipinski definition) is 1. The largest absolute Gasteiger partial charge is 0.355 e. The fraction of sp³-hybridized carbons (Fsp3) is 0.846. The molecular weight excluding hydrogens is 200 g/mol. The fourth-order valence-electron chi connectivity index (χ4n) is 1.82. The van der Waals surface area contributed by atoms with Crippen LogP contribution in [0.5, 0.6) is 0 Å². The van der Waals surface area contributed by atoms with Crippen molar-refractivity contribution in [2.45, 2.75) is 47.5 Å². The van der Waals surface area contributed by atoms with Crippen molar-refractivity contribution in [3.05, 3.63) is 0 Å². The quantitative estimate of drug-likeness (QED) is 0.780. The highest BCUT2D eigenvalue weighted by Gasteiger charge is 2.17. The molecule has 1 N–H and O–H groups in total. The van der Waals surface area contributed by atoms with Gasteiger partial charge < -0.3 is 5.32 Å². The van der Waals surface area contributed by atoms with Crippen LogP contribution in [0.2, 0.25) is 0 Å². The number of nitriles is 1. The first-order valence-corrected chi connectivity index (χ1v) is 5.91. The SMILES string of the molecule is CC(C#N)CNC(=O)CC(C)CC(C)(C)C. The number of amides is 1. The third kappa shape index (κ3) is 8.28. The lowest BCUT2D eigenvalue weighted by Gasteiger charge is -2.22. The Morgan fingerprint density at radius 3 is 2.38 bits per heavy atom. The molecule has 92 valence electrons. The van der Waals surface area contributed by atoms with E-state index < -0.39 is 0 Å². The number of hydrogen-bond acceptors (Lipinski definition) is 2. The predicted octanol–water partition coefficient (Wildman–Crippen LogP) is 2.72. The molecule has 0 aliphatic rings. The number of carbonyl (C=O) groups is 1. The van der Waals surface area contributed by atoms with Crippen LogP contribution in [0, 0.1) is 28.6 Å². The highest BCUT2D eigenvalue weighted by molar-refractivity contribution is 5.76. The first-order valence-electron chi connectivity index (χ1n) is 5.91. The summed E-state index contributed by atoms with van der Waals surface area (Å²) in [5, 5.41) is 11.4. The van der Waals surface area contributed by atoms with Gasteiger partial charge in [0.15, 0.2) is 0 Å². The third-order valence-electron chi connectivity index (χ3n) is 2.32. The minimum Gasteiger partial charge on any atom is -0.355 e. The van der Waals surface area contributed by atoms with Crippen molar-refractivity contribution in [2.75, 3.05) is 6.54 Å². The van der Waals surface area contributed by atoms with Gasteiger partial charge in [0.1, 0.15) is 0 Å². The average molecular weight is 224 g/mol. The minimum atomic E-state index is -0.109. The van der Waals surface area contributed by atoms with E-state index in [9.17, 15) is 4.79 Å². The van der Waals surface area contributed by atoms with Gasteiger partial charge in [-0.05, 0) is 24.7 Å². The minimum absolute atomic E-state index is 0.0545. The zero-order chi connectivity index (χ0) is 12.8. The number of rotatable bonds is 5. The van der Waals surface area contributed by atoms with Gasteiger partial charge in [0.05, 0.1) is 12.0 Å². The van der Waals surface area contributed by atoms with E-state index in [2.05, 4.69) is 39.1 Å². The molecule has 16 heavy (non-hydrogen) atoms. The Bertz CT molecular complexity index is 260. The molecule has 2 atom stereocenters. The molecule has 0 bridgehead atoms. The van der Waals surface area contributed by atoms with Gasteiger partial charge in [-0.15, -0.1) is 0 Å². The van der Waals surface area contributed by atoms with E-state index in [4.69, 9.17) is 5.26 Å². The molecule has 0 aromatic rings. The predicted molar refractivity (Wildman–Crippen MR) is 65.6 cm³/mol. The lowest BCUT2D eigenvalue weighted by Crippen LogP contribution is -2.29. The van der Waals surface area contributed by atoms with Crippen LogP contribution in [-0.2, 0) is 4.79 Å². The van der Waals surface area contributed by atoms with Crippen LogP contribution in [0.15, 0.2) is 0 Å². The second kappa shape index (κ2) is 6.52. The Kier molecular flexibility index (Phi) is 6.10. The van der Waals surface area contributed by atoms with Crippen LogP contribution in [0.25, 0.3) is 0 Å². The standard InChI is InChI=1S/C13H24N2O/c1-10(7-13(3,4)5)6-12(16)15-9-11(2)8-14/h10-11H,6-7,9H2,1-5H3,(H,15,16). The van der Waals surface area contributed by atoms with Gasteiger partial charge in [0.2, 0.25) is 5.91 Å². The lowest BCUT2D eigenvalue weighted by atomic mass is 9.84. The molecule has 3 nitrogen and oxygen atoms in total. The highest BCUT2D eigenvalue weighted by atomic mass is 16.1. The van der Waals surface area contributed by atoms with Crippen molar-refractivity contribution < 1.29 is 4.79 Å². The Morgan fingerprint density at radius 1 is 1.38 bits per heavy atom. The summed E-state index contributed by atoms with van der Waals surface area (Å²) in [5.74, 6) is 0.332. The molecule has 1 amide bonds. The number of carbonyl (C=O) groups excluding carboxylic acids is 1. The van der Waals surface area contributed by atoms with Crippen molar-refractivity contribution in [1.82, 2.24) is 5.32 Å². The Morgan fingerprint density at radius 2 is 1.94 bits per heavy atom. The summed E-state index contributed by atoms with van der Waals surface area (Å²) in [6.07, 6.45) is 1.59. The normalized spacial score (nSPS) is 15.0. The maximum atomic E-state index is 11.5.